The van der Waals surface area contributed by atoms with Crippen LogP contribution in [0, 0.1) is 0 Å². The summed E-state index contributed by atoms with van der Waals surface area (Å²) in [4.78, 5) is 0. The highest BCUT2D eigenvalue weighted by Gasteiger charge is 2.24. The molecule has 2 heterocycles. The summed E-state index contributed by atoms with van der Waals surface area (Å²) >= 11 is 4.84. The number of ether oxygens (including phenoxy) is 1. The number of rotatable bonds is 2. The molecule has 7 heteroatoms. The van der Waals surface area contributed by atoms with Crippen LogP contribution in [-0.4, -0.2) is 21.4 Å². The lowest BCUT2D eigenvalue weighted by atomic mass is 10.2. The van der Waals surface area contributed by atoms with Crippen molar-refractivity contribution in [1.29, 1.82) is 0 Å². The fourth-order valence-electron chi connectivity index (χ4n) is 1.41. The minimum absolute atomic E-state index is 0.111. The standard InChI is InChI=1S/C8H9F2N3OS/c1-4-7-5(14-8(15)11-4)2-13(12-7)3-6(9)10/h2,4,6H,3H2,1H3,(H,11,15). The maximum absolute atomic E-state index is 12.1. The normalized spacial score (nSPS) is 19.7. The molecular weight excluding hydrogens is 224 g/mol. The molecule has 1 atom stereocenters. The number of alkyl halides is 2. The van der Waals surface area contributed by atoms with E-state index < -0.39 is 13.0 Å². The van der Waals surface area contributed by atoms with Crippen LogP contribution in [-0.2, 0) is 6.54 Å². The highest BCUT2D eigenvalue weighted by atomic mass is 32.1. The Labute approximate surface area is 90.2 Å². The summed E-state index contributed by atoms with van der Waals surface area (Å²) in [6.45, 7) is 1.41. The molecule has 1 unspecified atom stereocenters. The predicted octanol–water partition coefficient (Wildman–Crippen LogP) is 1.48. The highest BCUT2D eigenvalue weighted by molar-refractivity contribution is 7.80. The molecule has 0 radical (unpaired) electrons. The van der Waals surface area contributed by atoms with Crippen LogP contribution in [0.15, 0.2) is 6.20 Å². The number of halogens is 2. The summed E-state index contributed by atoms with van der Waals surface area (Å²) < 4.78 is 30.6. The summed E-state index contributed by atoms with van der Waals surface area (Å²) in [7, 11) is 0. The summed E-state index contributed by atoms with van der Waals surface area (Å²) in [5, 5.41) is 7.09. The molecule has 0 saturated carbocycles. The molecule has 0 fully saturated rings. The second-order valence-corrected chi connectivity index (χ2v) is 3.62. The molecule has 15 heavy (non-hydrogen) atoms. The molecular formula is C8H9F2N3OS. The van der Waals surface area contributed by atoms with Gasteiger partial charge in [-0.15, -0.1) is 0 Å². The molecule has 4 nitrogen and oxygen atoms in total. The van der Waals surface area contributed by atoms with Crippen LogP contribution < -0.4 is 10.1 Å². The third-order valence-corrected chi connectivity index (χ3v) is 2.23. The molecule has 0 bridgehead atoms. The number of aromatic nitrogens is 2. The van der Waals surface area contributed by atoms with Crippen LogP contribution in [0.2, 0.25) is 0 Å². The van der Waals surface area contributed by atoms with Gasteiger partial charge in [0.2, 0.25) is 0 Å². The Bertz CT molecular complexity index is 393. The number of hydrogen-bond acceptors (Lipinski definition) is 3. The molecule has 0 aliphatic carbocycles. The van der Waals surface area contributed by atoms with Crippen molar-refractivity contribution < 1.29 is 13.5 Å². The summed E-state index contributed by atoms with van der Waals surface area (Å²) in [5.41, 5.74) is 0.601. The molecule has 1 N–H and O–H groups in total. The minimum atomic E-state index is -2.43. The molecule has 0 spiro atoms. The van der Waals surface area contributed by atoms with E-state index in [4.69, 9.17) is 17.0 Å². The van der Waals surface area contributed by atoms with Gasteiger partial charge in [-0.2, -0.15) is 5.10 Å². The second kappa shape index (κ2) is 3.73. The number of thiocarbonyl (C=S) groups is 1. The number of nitrogens with zero attached hydrogens (tertiary/aromatic N) is 2. The van der Waals surface area contributed by atoms with Crippen LogP contribution >= 0.6 is 12.2 Å². The Morgan fingerprint density at radius 2 is 2.47 bits per heavy atom. The average molecular weight is 233 g/mol. The van der Waals surface area contributed by atoms with E-state index in [-0.39, 0.29) is 11.2 Å². The van der Waals surface area contributed by atoms with Gasteiger partial charge in [0.05, 0.1) is 12.2 Å². The smallest absolute Gasteiger partial charge is 0.262 e. The zero-order chi connectivity index (χ0) is 11.0. The third kappa shape index (κ3) is 2.06. The van der Waals surface area contributed by atoms with E-state index in [9.17, 15) is 8.78 Å². The van der Waals surface area contributed by atoms with E-state index >= 15 is 0 Å². The molecule has 1 aromatic heterocycles. The zero-order valence-corrected chi connectivity index (χ0v) is 8.72. The van der Waals surface area contributed by atoms with Gasteiger partial charge in [-0.1, -0.05) is 0 Å². The molecule has 0 aromatic carbocycles. The lowest BCUT2D eigenvalue weighted by Crippen LogP contribution is -2.33. The quantitative estimate of drug-likeness (QED) is 0.785. The Morgan fingerprint density at radius 1 is 1.73 bits per heavy atom. The molecule has 2 rings (SSSR count). The van der Waals surface area contributed by atoms with Gasteiger partial charge in [-0.3, -0.25) is 4.68 Å². The van der Waals surface area contributed by atoms with Crippen molar-refractivity contribution in [3.63, 3.8) is 0 Å². The summed E-state index contributed by atoms with van der Waals surface area (Å²) in [6, 6.07) is -0.111. The molecule has 1 aromatic rings. The molecule has 1 aliphatic heterocycles. The van der Waals surface area contributed by atoms with E-state index in [0.29, 0.717) is 11.4 Å². The Hall–Kier alpha value is -1.24. The minimum Gasteiger partial charge on any atom is -0.428 e. The van der Waals surface area contributed by atoms with Crippen LogP contribution in [0.1, 0.15) is 18.7 Å². The van der Waals surface area contributed by atoms with Crippen LogP contribution in [0.3, 0.4) is 0 Å². The van der Waals surface area contributed by atoms with Gasteiger partial charge in [-0.25, -0.2) is 8.78 Å². The van der Waals surface area contributed by atoms with Gasteiger partial charge < -0.3 is 10.1 Å². The van der Waals surface area contributed by atoms with Gasteiger partial charge in [0.1, 0.15) is 12.2 Å². The van der Waals surface area contributed by atoms with Gasteiger partial charge in [0.25, 0.3) is 11.6 Å². The largest absolute Gasteiger partial charge is 0.428 e. The Balaban J connectivity index is 2.26. The fraction of sp³-hybridized carbons (Fsp3) is 0.500. The van der Waals surface area contributed by atoms with Gasteiger partial charge >= 0.3 is 0 Å². The van der Waals surface area contributed by atoms with Crippen molar-refractivity contribution in [2.24, 2.45) is 0 Å². The Morgan fingerprint density at radius 3 is 3.13 bits per heavy atom. The fourth-order valence-corrected chi connectivity index (χ4v) is 1.67. The highest BCUT2D eigenvalue weighted by Crippen LogP contribution is 2.27. The van der Waals surface area contributed by atoms with Gasteiger partial charge in [0, 0.05) is 0 Å². The lowest BCUT2D eigenvalue weighted by molar-refractivity contribution is 0.121. The van der Waals surface area contributed by atoms with Crippen molar-refractivity contribution in [3.8, 4) is 5.75 Å². The number of hydrogen-bond donors (Lipinski definition) is 1. The number of nitrogens with one attached hydrogen (secondary N) is 1. The molecule has 82 valence electrons. The van der Waals surface area contributed by atoms with E-state index in [1.165, 1.54) is 10.9 Å². The van der Waals surface area contributed by atoms with E-state index in [1.54, 1.807) is 0 Å². The topological polar surface area (TPSA) is 39.1 Å². The monoisotopic (exact) mass is 233 g/mol. The van der Waals surface area contributed by atoms with Gasteiger partial charge in [0.15, 0.2) is 5.75 Å². The third-order valence-electron chi connectivity index (χ3n) is 2.03. The average Bonchev–Trinajstić information content (AvgIpc) is 2.45. The van der Waals surface area contributed by atoms with E-state index in [2.05, 4.69) is 10.4 Å². The van der Waals surface area contributed by atoms with Crippen molar-refractivity contribution in [3.05, 3.63) is 11.9 Å². The molecule has 1 aliphatic rings. The van der Waals surface area contributed by atoms with Crippen LogP contribution in [0.5, 0.6) is 5.75 Å². The zero-order valence-electron chi connectivity index (χ0n) is 7.91. The maximum atomic E-state index is 12.1. The molecule has 0 saturated heterocycles. The summed E-state index contributed by atoms with van der Waals surface area (Å²) in [6.07, 6.45) is -0.993. The first-order valence-corrected chi connectivity index (χ1v) is 4.81. The van der Waals surface area contributed by atoms with Crippen molar-refractivity contribution in [2.75, 3.05) is 0 Å². The summed E-state index contributed by atoms with van der Waals surface area (Å²) in [5.74, 6) is 0.451. The second-order valence-electron chi connectivity index (χ2n) is 3.25. The van der Waals surface area contributed by atoms with Crippen molar-refractivity contribution in [1.82, 2.24) is 15.1 Å². The first-order valence-electron chi connectivity index (χ1n) is 4.40. The van der Waals surface area contributed by atoms with E-state index in [1.807, 2.05) is 6.92 Å². The predicted molar refractivity (Wildman–Crippen MR) is 53.0 cm³/mol. The first-order chi connectivity index (χ1) is 7.06. The SMILES string of the molecule is CC1NC(=S)Oc2cn(CC(F)F)nc21. The first kappa shape index (κ1) is 10.3. The lowest BCUT2D eigenvalue weighted by Gasteiger charge is -2.20. The van der Waals surface area contributed by atoms with Crippen molar-refractivity contribution >= 4 is 17.4 Å². The van der Waals surface area contributed by atoms with Crippen LogP contribution in [0.4, 0.5) is 8.78 Å². The van der Waals surface area contributed by atoms with E-state index in [0.717, 1.165) is 0 Å². The Kier molecular flexibility index (Phi) is 2.56. The van der Waals surface area contributed by atoms with Gasteiger partial charge in [-0.05, 0) is 19.1 Å². The van der Waals surface area contributed by atoms with Crippen LogP contribution in [0.25, 0.3) is 0 Å². The maximum Gasteiger partial charge on any atom is 0.262 e. The molecule has 0 amide bonds. The number of fused-ring (bicyclic) bond motifs is 1. The van der Waals surface area contributed by atoms with Crippen molar-refractivity contribution in [2.45, 2.75) is 25.9 Å².